The van der Waals surface area contributed by atoms with Gasteiger partial charge in [0.25, 0.3) is 0 Å². The van der Waals surface area contributed by atoms with Crippen LogP contribution in [0.5, 0.6) is 0 Å². The number of rotatable bonds is 2. The van der Waals surface area contributed by atoms with E-state index in [1.54, 1.807) is 0 Å². The molecule has 2 rings (SSSR count). The number of aromatic nitrogens is 2. The molecule has 1 N–H and O–H groups in total. The van der Waals surface area contributed by atoms with Crippen LogP contribution in [0.15, 0.2) is 12.3 Å². The van der Waals surface area contributed by atoms with Crippen LogP contribution < -0.4 is 5.32 Å². The Morgan fingerprint density at radius 3 is 2.73 bits per heavy atom. The predicted octanol–water partition coefficient (Wildman–Crippen LogP) is 2.63. The van der Waals surface area contributed by atoms with Crippen molar-refractivity contribution in [3.8, 4) is 0 Å². The van der Waals surface area contributed by atoms with E-state index in [9.17, 15) is 0 Å². The molecule has 1 aliphatic carbocycles. The van der Waals surface area contributed by atoms with Crippen molar-refractivity contribution in [2.75, 3.05) is 5.32 Å². The van der Waals surface area contributed by atoms with Crippen LogP contribution in [0.2, 0.25) is 0 Å². The number of nitrogens with zero attached hydrogens (tertiary/aromatic N) is 2. The topological polar surface area (TPSA) is 37.8 Å². The Hall–Kier alpha value is -1.12. The molecule has 0 radical (unpaired) electrons. The highest BCUT2D eigenvalue weighted by Crippen LogP contribution is 2.32. The highest BCUT2D eigenvalue weighted by atomic mass is 15.1. The zero-order valence-electron chi connectivity index (χ0n) is 9.70. The van der Waals surface area contributed by atoms with Gasteiger partial charge >= 0.3 is 0 Å². The summed E-state index contributed by atoms with van der Waals surface area (Å²) >= 11 is 0. The summed E-state index contributed by atoms with van der Waals surface area (Å²) in [5.41, 5.74) is 1.02. The first kappa shape index (κ1) is 10.4. The molecule has 1 fully saturated rings. The lowest BCUT2D eigenvalue weighted by Gasteiger charge is -2.19. The summed E-state index contributed by atoms with van der Waals surface area (Å²) < 4.78 is 0. The van der Waals surface area contributed by atoms with Crippen molar-refractivity contribution in [1.29, 1.82) is 0 Å². The smallest absolute Gasteiger partial charge is 0.223 e. The fourth-order valence-corrected chi connectivity index (χ4v) is 2.25. The van der Waals surface area contributed by atoms with E-state index in [1.807, 2.05) is 19.2 Å². The van der Waals surface area contributed by atoms with Gasteiger partial charge in [0.15, 0.2) is 0 Å². The van der Waals surface area contributed by atoms with Crippen LogP contribution in [0.25, 0.3) is 0 Å². The van der Waals surface area contributed by atoms with Crippen molar-refractivity contribution in [2.24, 2.45) is 11.8 Å². The van der Waals surface area contributed by atoms with Gasteiger partial charge in [-0.15, -0.1) is 0 Å². The Labute approximate surface area is 91.3 Å². The third kappa shape index (κ3) is 2.28. The fourth-order valence-electron chi connectivity index (χ4n) is 2.25. The second kappa shape index (κ2) is 4.17. The van der Waals surface area contributed by atoms with E-state index in [0.717, 1.165) is 17.6 Å². The molecule has 0 aromatic carbocycles. The summed E-state index contributed by atoms with van der Waals surface area (Å²) in [5, 5.41) is 3.44. The summed E-state index contributed by atoms with van der Waals surface area (Å²) in [6.07, 6.45) is 4.36. The number of aryl methyl sites for hydroxylation is 1. The lowest BCUT2D eigenvalue weighted by Crippen LogP contribution is -2.25. The highest BCUT2D eigenvalue weighted by Gasteiger charge is 2.29. The van der Waals surface area contributed by atoms with Crippen LogP contribution in [0.3, 0.4) is 0 Å². The van der Waals surface area contributed by atoms with E-state index >= 15 is 0 Å². The van der Waals surface area contributed by atoms with Gasteiger partial charge in [0.2, 0.25) is 5.95 Å². The van der Waals surface area contributed by atoms with Gasteiger partial charge in [-0.25, -0.2) is 9.97 Å². The minimum absolute atomic E-state index is 0.543. The van der Waals surface area contributed by atoms with Crippen molar-refractivity contribution in [3.05, 3.63) is 18.0 Å². The molecule has 0 amide bonds. The van der Waals surface area contributed by atoms with Gasteiger partial charge in [0.05, 0.1) is 0 Å². The van der Waals surface area contributed by atoms with Crippen LogP contribution in [0.1, 0.15) is 32.4 Å². The van der Waals surface area contributed by atoms with Crippen molar-refractivity contribution >= 4 is 5.95 Å². The molecule has 1 heterocycles. The summed E-state index contributed by atoms with van der Waals surface area (Å²) in [6.45, 7) is 6.63. The molecule has 1 saturated carbocycles. The van der Waals surface area contributed by atoms with E-state index in [4.69, 9.17) is 0 Å². The molecule has 3 atom stereocenters. The zero-order chi connectivity index (χ0) is 10.8. The van der Waals surface area contributed by atoms with Crippen LogP contribution in [-0.2, 0) is 0 Å². The lowest BCUT2D eigenvalue weighted by molar-refractivity contribution is 0.434. The van der Waals surface area contributed by atoms with Crippen molar-refractivity contribution in [3.63, 3.8) is 0 Å². The van der Waals surface area contributed by atoms with E-state index < -0.39 is 0 Å². The number of nitrogens with one attached hydrogen (secondary N) is 1. The molecule has 1 aromatic heterocycles. The largest absolute Gasteiger partial charge is 0.351 e. The Bertz CT molecular complexity index is 337. The van der Waals surface area contributed by atoms with Gasteiger partial charge in [0.1, 0.15) is 0 Å². The van der Waals surface area contributed by atoms with Gasteiger partial charge < -0.3 is 5.32 Å². The molecule has 0 bridgehead atoms. The Morgan fingerprint density at radius 1 is 1.33 bits per heavy atom. The predicted molar refractivity (Wildman–Crippen MR) is 61.7 cm³/mol. The minimum atomic E-state index is 0.543. The molecule has 82 valence electrons. The third-order valence-electron chi connectivity index (χ3n) is 3.57. The first-order chi connectivity index (χ1) is 7.16. The maximum atomic E-state index is 4.37. The summed E-state index contributed by atoms with van der Waals surface area (Å²) in [6, 6.07) is 2.47. The zero-order valence-corrected chi connectivity index (χ0v) is 9.70. The summed E-state index contributed by atoms with van der Waals surface area (Å²) in [4.78, 5) is 8.61. The first-order valence-electron chi connectivity index (χ1n) is 5.73. The van der Waals surface area contributed by atoms with E-state index in [2.05, 4.69) is 29.1 Å². The maximum Gasteiger partial charge on any atom is 0.223 e. The first-order valence-corrected chi connectivity index (χ1v) is 5.73. The van der Waals surface area contributed by atoms with Crippen LogP contribution in [-0.4, -0.2) is 16.0 Å². The molecular formula is C12H19N3. The second-order valence-electron chi connectivity index (χ2n) is 4.69. The van der Waals surface area contributed by atoms with Gasteiger partial charge in [-0.3, -0.25) is 0 Å². The quantitative estimate of drug-likeness (QED) is 0.806. The molecule has 1 aliphatic rings. The standard InChI is InChI=1S/C12H19N3/c1-8-4-5-11(10(8)3)15-12-13-7-6-9(2)14-12/h6-8,10-11H,4-5H2,1-3H3,(H,13,14,15). The van der Waals surface area contributed by atoms with Gasteiger partial charge in [-0.1, -0.05) is 13.8 Å². The Kier molecular flexibility index (Phi) is 2.89. The van der Waals surface area contributed by atoms with Gasteiger partial charge in [0, 0.05) is 17.9 Å². The lowest BCUT2D eigenvalue weighted by atomic mass is 9.98. The van der Waals surface area contributed by atoms with Crippen LogP contribution in [0.4, 0.5) is 5.95 Å². The third-order valence-corrected chi connectivity index (χ3v) is 3.57. The minimum Gasteiger partial charge on any atom is -0.351 e. The van der Waals surface area contributed by atoms with Crippen LogP contribution in [0, 0.1) is 18.8 Å². The van der Waals surface area contributed by atoms with Crippen LogP contribution >= 0.6 is 0 Å². The Morgan fingerprint density at radius 2 is 2.13 bits per heavy atom. The second-order valence-corrected chi connectivity index (χ2v) is 4.69. The van der Waals surface area contributed by atoms with E-state index in [1.165, 1.54) is 12.8 Å². The normalized spacial score (nSPS) is 30.5. The highest BCUT2D eigenvalue weighted by molar-refractivity contribution is 5.27. The molecule has 0 saturated heterocycles. The van der Waals surface area contributed by atoms with Gasteiger partial charge in [-0.2, -0.15) is 0 Å². The average Bonchev–Trinajstić information content (AvgIpc) is 2.50. The van der Waals surface area contributed by atoms with E-state index in [0.29, 0.717) is 12.0 Å². The Balaban J connectivity index is 2.03. The van der Waals surface area contributed by atoms with Crippen molar-refractivity contribution in [2.45, 2.75) is 39.7 Å². The number of hydrogen-bond acceptors (Lipinski definition) is 3. The molecule has 15 heavy (non-hydrogen) atoms. The molecule has 0 spiro atoms. The molecule has 0 aliphatic heterocycles. The number of anilines is 1. The molecule has 3 nitrogen and oxygen atoms in total. The van der Waals surface area contributed by atoms with Gasteiger partial charge in [-0.05, 0) is 37.7 Å². The average molecular weight is 205 g/mol. The van der Waals surface area contributed by atoms with E-state index in [-0.39, 0.29) is 0 Å². The maximum absolute atomic E-state index is 4.37. The SMILES string of the molecule is Cc1ccnc(NC2CCC(C)C2C)n1. The molecule has 3 heteroatoms. The fraction of sp³-hybridized carbons (Fsp3) is 0.667. The summed E-state index contributed by atoms with van der Waals surface area (Å²) in [7, 11) is 0. The molecule has 1 aromatic rings. The summed E-state index contributed by atoms with van der Waals surface area (Å²) in [5.74, 6) is 2.31. The number of hydrogen-bond donors (Lipinski definition) is 1. The monoisotopic (exact) mass is 205 g/mol. The van der Waals surface area contributed by atoms with Crippen molar-refractivity contribution in [1.82, 2.24) is 9.97 Å². The molecular weight excluding hydrogens is 186 g/mol. The molecule has 3 unspecified atom stereocenters. The van der Waals surface area contributed by atoms with Crippen molar-refractivity contribution < 1.29 is 0 Å².